The Hall–Kier alpha value is 1.57. The maximum Gasteiger partial charge on any atom is 2.00 e. The summed E-state index contributed by atoms with van der Waals surface area (Å²) in [4.78, 5) is 19.6. The molecule has 3 nitrogen and oxygen atoms in total. The number of hydrogen-bond donors (Lipinski definition) is 0. The predicted molar refractivity (Wildman–Crippen MR) is 33.5 cm³/mol. The Morgan fingerprint density at radius 2 is 2.00 bits per heavy atom. The fourth-order valence-corrected chi connectivity index (χ4v) is 0.664. The van der Waals surface area contributed by atoms with Crippen LogP contribution >= 0.6 is 8.60 Å². The molecule has 0 aliphatic carbocycles. The first-order valence-electron chi connectivity index (χ1n) is 2.48. The van der Waals surface area contributed by atoms with Crippen LogP contribution in [-0.2, 0) is 4.52 Å². The van der Waals surface area contributed by atoms with Gasteiger partial charge >= 0.3 is 37.7 Å². The molecule has 9 heavy (non-hydrogen) atoms. The van der Waals surface area contributed by atoms with Crippen LogP contribution in [0.3, 0.4) is 0 Å². The molecule has 0 spiro atoms. The third-order valence-corrected chi connectivity index (χ3v) is 1.37. The predicted octanol–water partition coefficient (Wildman–Crippen LogP) is -0.632. The van der Waals surface area contributed by atoms with Crippen LogP contribution < -0.4 is 9.79 Å². The van der Waals surface area contributed by atoms with Crippen molar-refractivity contribution < 1.29 is 14.3 Å². The Labute approximate surface area is 86.4 Å². The van der Waals surface area contributed by atoms with Crippen molar-refractivity contribution >= 4 is 46.3 Å². The summed E-state index contributed by atoms with van der Waals surface area (Å²) in [6.45, 7) is 3.58. The van der Waals surface area contributed by atoms with Crippen LogP contribution in [0.15, 0.2) is 0 Å². The van der Waals surface area contributed by atoms with Crippen molar-refractivity contribution in [2.75, 3.05) is 0 Å². The Balaban J connectivity index is 0. The smallest absolute Gasteiger partial charge is 0.820 e. The van der Waals surface area contributed by atoms with E-state index >= 15 is 0 Å². The molecule has 0 aromatic heterocycles. The molecule has 0 heterocycles. The first-order chi connectivity index (χ1) is 3.66. The van der Waals surface area contributed by atoms with Crippen molar-refractivity contribution in [3.8, 4) is 0 Å². The maximum absolute atomic E-state index is 9.78. The minimum Gasteiger partial charge on any atom is -0.820 e. The van der Waals surface area contributed by atoms with Crippen LogP contribution in [0.25, 0.3) is 0 Å². The zero-order valence-electron chi connectivity index (χ0n) is 5.66. The van der Waals surface area contributed by atoms with Crippen LogP contribution in [0.1, 0.15) is 20.3 Å². The van der Waals surface area contributed by atoms with Gasteiger partial charge in [-0.05, 0) is 13.3 Å². The molecule has 0 aliphatic heterocycles. The van der Waals surface area contributed by atoms with E-state index in [9.17, 15) is 9.79 Å². The van der Waals surface area contributed by atoms with E-state index in [-0.39, 0.29) is 43.8 Å². The third kappa shape index (κ3) is 9.57. The SMILES string of the molecule is CCC(C)OP([O-])[O-].[Ca+2]. The van der Waals surface area contributed by atoms with Crippen LogP contribution in [0, 0.1) is 0 Å². The molecular formula is C4H9CaO3P. The second-order valence-electron chi connectivity index (χ2n) is 1.55. The summed E-state index contributed by atoms with van der Waals surface area (Å²) in [5.74, 6) is 0. The van der Waals surface area contributed by atoms with E-state index in [0.717, 1.165) is 6.42 Å². The van der Waals surface area contributed by atoms with Crippen molar-refractivity contribution in [3.63, 3.8) is 0 Å². The summed E-state index contributed by atoms with van der Waals surface area (Å²) in [6, 6.07) is 0. The molecule has 50 valence electrons. The average Bonchev–Trinajstić information content (AvgIpc) is 1.65. The van der Waals surface area contributed by atoms with Gasteiger partial charge in [0.15, 0.2) is 0 Å². The van der Waals surface area contributed by atoms with Crippen LogP contribution in [0.4, 0.5) is 0 Å². The van der Waals surface area contributed by atoms with Crippen molar-refractivity contribution in [1.82, 2.24) is 0 Å². The zero-order chi connectivity index (χ0) is 6.57. The minimum atomic E-state index is -2.65. The van der Waals surface area contributed by atoms with Gasteiger partial charge in [-0.15, -0.1) is 0 Å². The van der Waals surface area contributed by atoms with E-state index in [1.807, 2.05) is 6.92 Å². The Morgan fingerprint density at radius 1 is 1.56 bits per heavy atom. The molecule has 0 radical (unpaired) electrons. The van der Waals surface area contributed by atoms with Crippen molar-refractivity contribution in [1.29, 1.82) is 0 Å². The van der Waals surface area contributed by atoms with Crippen LogP contribution in [-0.4, -0.2) is 43.8 Å². The molecule has 0 saturated heterocycles. The molecule has 0 amide bonds. The summed E-state index contributed by atoms with van der Waals surface area (Å²) in [7, 11) is -2.65. The molecule has 5 heteroatoms. The van der Waals surface area contributed by atoms with E-state index in [2.05, 4.69) is 4.52 Å². The van der Waals surface area contributed by atoms with Gasteiger partial charge < -0.3 is 14.3 Å². The quantitative estimate of drug-likeness (QED) is 0.425. The van der Waals surface area contributed by atoms with E-state index < -0.39 is 8.60 Å². The van der Waals surface area contributed by atoms with Gasteiger partial charge in [-0.3, -0.25) is 0 Å². The zero-order valence-corrected chi connectivity index (χ0v) is 8.77. The molecular weight excluding hydrogens is 167 g/mol. The molecule has 0 aromatic carbocycles. The van der Waals surface area contributed by atoms with Gasteiger partial charge in [-0.1, -0.05) is 6.92 Å². The Kier molecular flexibility index (Phi) is 11.2. The van der Waals surface area contributed by atoms with Gasteiger partial charge in [-0.25, -0.2) is 0 Å². The molecule has 0 N–H and O–H groups in total. The Bertz CT molecular complexity index is 61.8. The second-order valence-corrected chi connectivity index (χ2v) is 2.21. The summed E-state index contributed by atoms with van der Waals surface area (Å²) >= 11 is 0. The number of hydrogen-bond acceptors (Lipinski definition) is 3. The van der Waals surface area contributed by atoms with Gasteiger partial charge in [0, 0.05) is 0 Å². The van der Waals surface area contributed by atoms with Gasteiger partial charge in [0.05, 0.1) is 6.10 Å². The van der Waals surface area contributed by atoms with Crippen molar-refractivity contribution in [2.24, 2.45) is 0 Å². The average molecular weight is 176 g/mol. The molecule has 0 fully saturated rings. The summed E-state index contributed by atoms with van der Waals surface area (Å²) < 4.78 is 4.35. The van der Waals surface area contributed by atoms with Gasteiger partial charge in [0.2, 0.25) is 0 Å². The van der Waals surface area contributed by atoms with E-state index in [4.69, 9.17) is 0 Å². The van der Waals surface area contributed by atoms with E-state index in [1.165, 1.54) is 0 Å². The van der Waals surface area contributed by atoms with Crippen LogP contribution in [0.2, 0.25) is 0 Å². The van der Waals surface area contributed by atoms with Crippen molar-refractivity contribution in [2.45, 2.75) is 26.4 Å². The molecule has 0 rings (SSSR count). The van der Waals surface area contributed by atoms with Gasteiger partial charge in [0.1, 0.15) is 0 Å². The monoisotopic (exact) mass is 176 g/mol. The summed E-state index contributed by atoms with van der Waals surface area (Å²) in [6.07, 6.45) is 0.555. The number of rotatable bonds is 3. The Morgan fingerprint density at radius 3 is 2.11 bits per heavy atom. The molecule has 0 bridgehead atoms. The standard InChI is InChI=1S/C4H9O3P.Ca/c1-3-4(2)7-8(5)6;/h4H,3H2,1-2H3;/q-2;+2. The molecule has 0 aromatic rings. The van der Waals surface area contributed by atoms with Gasteiger partial charge in [0.25, 0.3) is 0 Å². The molecule has 0 saturated carbocycles. The fourth-order valence-electron chi connectivity index (χ4n) is 0.221. The van der Waals surface area contributed by atoms with Crippen LogP contribution in [0.5, 0.6) is 0 Å². The van der Waals surface area contributed by atoms with E-state index in [1.54, 1.807) is 6.92 Å². The molecule has 1 unspecified atom stereocenters. The largest absolute Gasteiger partial charge is 2.00 e. The fraction of sp³-hybridized carbons (Fsp3) is 1.00. The maximum atomic E-state index is 9.78. The third-order valence-electron chi connectivity index (χ3n) is 0.841. The molecule has 0 aliphatic rings. The minimum absolute atomic E-state index is 0. The first-order valence-corrected chi connectivity index (χ1v) is 3.57. The summed E-state index contributed by atoms with van der Waals surface area (Å²) in [5.41, 5.74) is 0. The summed E-state index contributed by atoms with van der Waals surface area (Å²) in [5, 5.41) is 0. The molecule has 1 atom stereocenters. The van der Waals surface area contributed by atoms with E-state index in [0.29, 0.717) is 0 Å². The van der Waals surface area contributed by atoms with Gasteiger partial charge in [-0.2, -0.15) is 8.60 Å². The second kappa shape index (κ2) is 7.67. The normalized spacial score (nSPS) is 13.0. The van der Waals surface area contributed by atoms with Crippen molar-refractivity contribution in [3.05, 3.63) is 0 Å². The first kappa shape index (κ1) is 13.2. The topological polar surface area (TPSA) is 55.3 Å².